The van der Waals surface area contributed by atoms with Crippen LogP contribution in [0.3, 0.4) is 0 Å². The second-order valence-corrected chi connectivity index (χ2v) is 5.98. The number of benzene rings is 3. The SMILES string of the molecule is N#Cc1ccc(COc2ccc(CNc3cccc(C(=O)O)c3)cc2)cc1. The van der Waals surface area contributed by atoms with Gasteiger partial charge in [0.25, 0.3) is 0 Å². The number of carboxylic acids is 1. The zero-order valence-corrected chi connectivity index (χ0v) is 14.6. The van der Waals surface area contributed by atoms with E-state index in [2.05, 4.69) is 11.4 Å². The molecular weight excluding hydrogens is 340 g/mol. The van der Waals surface area contributed by atoms with Crippen molar-refractivity contribution in [2.24, 2.45) is 0 Å². The maximum atomic E-state index is 11.0. The Hall–Kier alpha value is -3.78. The average Bonchev–Trinajstić information content (AvgIpc) is 2.72. The highest BCUT2D eigenvalue weighted by atomic mass is 16.5. The summed E-state index contributed by atoms with van der Waals surface area (Å²) in [6, 6.07) is 23.8. The van der Waals surface area contributed by atoms with Crippen LogP contribution in [-0.2, 0) is 13.2 Å². The molecular formula is C22H18N2O3. The fourth-order valence-corrected chi connectivity index (χ4v) is 2.51. The Morgan fingerprint density at radius 1 is 1.00 bits per heavy atom. The number of carboxylic acid groups (broad SMARTS) is 1. The lowest BCUT2D eigenvalue weighted by atomic mass is 10.1. The van der Waals surface area contributed by atoms with Gasteiger partial charge >= 0.3 is 5.97 Å². The van der Waals surface area contributed by atoms with Crippen LogP contribution in [-0.4, -0.2) is 11.1 Å². The molecule has 0 spiro atoms. The summed E-state index contributed by atoms with van der Waals surface area (Å²) in [7, 11) is 0. The second kappa shape index (κ2) is 8.54. The molecule has 27 heavy (non-hydrogen) atoms. The Labute approximate surface area is 157 Å². The Morgan fingerprint density at radius 2 is 1.70 bits per heavy atom. The van der Waals surface area contributed by atoms with Gasteiger partial charge in [0.1, 0.15) is 12.4 Å². The van der Waals surface area contributed by atoms with Crippen LogP contribution in [0, 0.1) is 11.3 Å². The van der Waals surface area contributed by atoms with Gasteiger partial charge in [0.2, 0.25) is 0 Å². The molecule has 5 nitrogen and oxygen atoms in total. The predicted molar refractivity (Wildman–Crippen MR) is 103 cm³/mol. The van der Waals surface area contributed by atoms with Gasteiger partial charge in [-0.3, -0.25) is 0 Å². The van der Waals surface area contributed by atoms with Crippen molar-refractivity contribution in [3.63, 3.8) is 0 Å². The summed E-state index contributed by atoms with van der Waals surface area (Å²) in [5.41, 5.74) is 3.70. The van der Waals surface area contributed by atoms with E-state index in [1.165, 1.54) is 0 Å². The normalized spacial score (nSPS) is 10.0. The molecule has 3 rings (SSSR count). The van der Waals surface area contributed by atoms with Crippen LogP contribution in [0.5, 0.6) is 5.75 Å². The monoisotopic (exact) mass is 358 g/mol. The second-order valence-electron chi connectivity index (χ2n) is 5.98. The lowest BCUT2D eigenvalue weighted by Crippen LogP contribution is -2.02. The molecule has 0 aromatic heterocycles. The van der Waals surface area contributed by atoms with Crippen LogP contribution >= 0.6 is 0 Å². The van der Waals surface area contributed by atoms with Gasteiger partial charge < -0.3 is 15.2 Å². The van der Waals surface area contributed by atoms with Crippen LogP contribution < -0.4 is 10.1 Å². The maximum absolute atomic E-state index is 11.0. The first-order valence-corrected chi connectivity index (χ1v) is 8.42. The van der Waals surface area contributed by atoms with Gasteiger partial charge in [-0.15, -0.1) is 0 Å². The zero-order chi connectivity index (χ0) is 19.1. The molecule has 3 aromatic carbocycles. The van der Waals surface area contributed by atoms with Gasteiger partial charge in [0.05, 0.1) is 17.2 Å². The van der Waals surface area contributed by atoms with E-state index < -0.39 is 5.97 Å². The van der Waals surface area contributed by atoms with Crippen molar-refractivity contribution in [3.8, 4) is 11.8 Å². The minimum Gasteiger partial charge on any atom is -0.489 e. The van der Waals surface area contributed by atoms with Crippen molar-refractivity contribution >= 4 is 11.7 Å². The Balaban J connectivity index is 1.53. The van der Waals surface area contributed by atoms with E-state index in [-0.39, 0.29) is 5.56 Å². The van der Waals surface area contributed by atoms with E-state index in [1.54, 1.807) is 30.3 Å². The Kier molecular flexibility index (Phi) is 5.70. The zero-order valence-electron chi connectivity index (χ0n) is 14.6. The molecule has 5 heteroatoms. The highest BCUT2D eigenvalue weighted by Gasteiger charge is 2.03. The van der Waals surface area contributed by atoms with Gasteiger partial charge in [-0.2, -0.15) is 5.26 Å². The van der Waals surface area contributed by atoms with Crippen LogP contribution in [0.2, 0.25) is 0 Å². The number of nitriles is 1. The van der Waals surface area contributed by atoms with Gasteiger partial charge in [-0.1, -0.05) is 30.3 Å². The molecule has 0 aliphatic carbocycles. The molecule has 0 saturated carbocycles. The number of carbonyl (C=O) groups is 1. The third kappa shape index (κ3) is 5.10. The number of hydrogen-bond acceptors (Lipinski definition) is 4. The van der Waals surface area contributed by atoms with Crippen LogP contribution in [0.4, 0.5) is 5.69 Å². The highest BCUT2D eigenvalue weighted by molar-refractivity contribution is 5.88. The fraction of sp³-hybridized carbons (Fsp3) is 0.0909. The molecule has 0 bridgehead atoms. The van der Waals surface area contributed by atoms with E-state index in [0.717, 1.165) is 22.6 Å². The number of nitrogens with one attached hydrogen (secondary N) is 1. The number of rotatable bonds is 7. The fourth-order valence-electron chi connectivity index (χ4n) is 2.51. The van der Waals surface area contributed by atoms with Crippen molar-refractivity contribution in [1.29, 1.82) is 5.26 Å². The van der Waals surface area contributed by atoms with Crippen molar-refractivity contribution < 1.29 is 14.6 Å². The molecule has 0 atom stereocenters. The number of hydrogen-bond donors (Lipinski definition) is 2. The number of aromatic carboxylic acids is 1. The van der Waals surface area contributed by atoms with Crippen molar-refractivity contribution in [3.05, 3.63) is 95.1 Å². The topological polar surface area (TPSA) is 82.3 Å². The minimum atomic E-state index is -0.942. The summed E-state index contributed by atoms with van der Waals surface area (Å²) in [6.07, 6.45) is 0. The summed E-state index contributed by atoms with van der Waals surface area (Å²) >= 11 is 0. The van der Waals surface area contributed by atoms with E-state index in [9.17, 15) is 4.79 Å². The molecule has 0 aliphatic rings. The van der Waals surface area contributed by atoms with E-state index in [4.69, 9.17) is 15.1 Å². The van der Waals surface area contributed by atoms with Crippen LogP contribution in [0.15, 0.2) is 72.8 Å². The summed E-state index contributed by atoms with van der Waals surface area (Å²) in [5.74, 6) is -0.182. The Bertz CT molecular complexity index is 958. The molecule has 0 fully saturated rings. The standard InChI is InChI=1S/C22H18N2O3/c23-13-16-4-6-18(7-5-16)15-27-21-10-8-17(9-11-21)14-24-20-3-1-2-19(12-20)22(25)26/h1-12,24H,14-15H2,(H,25,26). The summed E-state index contributed by atoms with van der Waals surface area (Å²) < 4.78 is 5.76. The number of nitrogens with zero attached hydrogens (tertiary/aromatic N) is 1. The number of ether oxygens (including phenoxy) is 1. The first kappa shape index (κ1) is 18.0. The predicted octanol–water partition coefficient (Wildman–Crippen LogP) is 4.45. The molecule has 2 N–H and O–H groups in total. The van der Waals surface area contributed by atoms with Gasteiger partial charge in [0.15, 0.2) is 0 Å². The molecule has 0 aliphatic heterocycles. The van der Waals surface area contributed by atoms with Crippen LogP contribution in [0.1, 0.15) is 27.0 Å². The third-order valence-corrected chi connectivity index (χ3v) is 4.02. The molecule has 0 heterocycles. The minimum absolute atomic E-state index is 0.256. The average molecular weight is 358 g/mol. The molecule has 134 valence electrons. The van der Waals surface area contributed by atoms with E-state index in [1.807, 2.05) is 42.5 Å². The maximum Gasteiger partial charge on any atom is 0.335 e. The molecule has 0 unspecified atom stereocenters. The third-order valence-electron chi connectivity index (χ3n) is 4.02. The number of anilines is 1. The lowest BCUT2D eigenvalue weighted by molar-refractivity contribution is 0.0697. The summed E-state index contributed by atoms with van der Waals surface area (Å²) in [5, 5.41) is 21.0. The Morgan fingerprint density at radius 3 is 2.37 bits per heavy atom. The lowest BCUT2D eigenvalue weighted by Gasteiger charge is -2.09. The largest absolute Gasteiger partial charge is 0.489 e. The summed E-state index contributed by atoms with van der Waals surface area (Å²) in [6.45, 7) is 1.02. The van der Waals surface area contributed by atoms with Gasteiger partial charge in [-0.25, -0.2) is 4.79 Å². The van der Waals surface area contributed by atoms with Crippen molar-refractivity contribution in [1.82, 2.24) is 0 Å². The highest BCUT2D eigenvalue weighted by Crippen LogP contribution is 2.17. The first-order chi connectivity index (χ1) is 13.1. The van der Waals surface area contributed by atoms with E-state index >= 15 is 0 Å². The molecule has 3 aromatic rings. The van der Waals surface area contributed by atoms with Gasteiger partial charge in [0, 0.05) is 12.2 Å². The molecule has 0 amide bonds. The van der Waals surface area contributed by atoms with Crippen molar-refractivity contribution in [2.45, 2.75) is 13.2 Å². The van der Waals surface area contributed by atoms with E-state index in [0.29, 0.717) is 18.7 Å². The smallest absolute Gasteiger partial charge is 0.335 e. The van der Waals surface area contributed by atoms with Gasteiger partial charge in [-0.05, 0) is 53.6 Å². The van der Waals surface area contributed by atoms with Crippen molar-refractivity contribution in [2.75, 3.05) is 5.32 Å². The summed E-state index contributed by atoms with van der Waals surface area (Å²) in [4.78, 5) is 11.0. The van der Waals surface area contributed by atoms with Crippen LogP contribution in [0.25, 0.3) is 0 Å². The molecule has 0 saturated heterocycles. The quantitative estimate of drug-likeness (QED) is 0.652. The molecule has 0 radical (unpaired) electrons. The first-order valence-electron chi connectivity index (χ1n) is 8.42.